The smallest absolute Gasteiger partial charge is 0.251 e. The molecule has 0 aromatic heterocycles. The topological polar surface area (TPSA) is 49.3 Å². The fourth-order valence-electron chi connectivity index (χ4n) is 1.69. The fraction of sp³-hybridized carbons (Fsp3) is 0.533. The largest absolute Gasteiger partial charge is 0.381 e. The third-order valence-electron chi connectivity index (χ3n) is 3.05. The Hall–Kier alpha value is -1.35. The highest BCUT2D eigenvalue weighted by molar-refractivity contribution is 5.83. The Kier molecular flexibility index (Phi) is 4.17. The van der Waals surface area contributed by atoms with Gasteiger partial charge in [-0.2, -0.15) is 0 Å². The van der Waals surface area contributed by atoms with E-state index in [1.54, 1.807) is 0 Å². The highest BCUT2D eigenvalue weighted by atomic mass is 16.3. The van der Waals surface area contributed by atoms with E-state index in [0.29, 0.717) is 6.54 Å². The quantitative estimate of drug-likeness (QED) is 0.859. The molecule has 1 rings (SSSR count). The maximum absolute atomic E-state index is 11.6. The van der Waals surface area contributed by atoms with Crippen LogP contribution in [0.4, 0.5) is 0 Å². The number of aliphatic hydroxyl groups is 1. The van der Waals surface area contributed by atoms with Gasteiger partial charge < -0.3 is 10.4 Å². The number of carbonyl (C=O) groups excluding carboxylic acids is 1. The van der Waals surface area contributed by atoms with Gasteiger partial charge in [0.25, 0.3) is 5.91 Å². The summed E-state index contributed by atoms with van der Waals surface area (Å²) in [5, 5.41) is 12.4. The van der Waals surface area contributed by atoms with Gasteiger partial charge >= 0.3 is 0 Å². The van der Waals surface area contributed by atoms with Crippen molar-refractivity contribution in [3.63, 3.8) is 0 Å². The second kappa shape index (κ2) is 5.11. The Bertz CT molecular complexity index is 430. The molecule has 0 aliphatic heterocycles. The number of aryl methyl sites for hydroxylation is 1. The summed E-state index contributed by atoms with van der Waals surface area (Å²) >= 11 is 0. The lowest BCUT2D eigenvalue weighted by molar-refractivity contribution is -0.136. The molecule has 1 aromatic rings. The van der Waals surface area contributed by atoms with Crippen LogP contribution < -0.4 is 5.32 Å². The van der Waals surface area contributed by atoms with E-state index < -0.39 is 5.60 Å². The lowest BCUT2D eigenvalue weighted by atomic mass is 9.83. The average Bonchev–Trinajstić information content (AvgIpc) is 2.24. The van der Waals surface area contributed by atoms with Crippen LogP contribution in [0.3, 0.4) is 0 Å². The number of rotatable bonds is 4. The van der Waals surface area contributed by atoms with E-state index in [2.05, 4.69) is 44.3 Å². The molecule has 0 atom stereocenters. The molecule has 0 spiro atoms. The van der Waals surface area contributed by atoms with E-state index in [-0.39, 0.29) is 11.3 Å². The Balaban J connectivity index is 2.74. The van der Waals surface area contributed by atoms with Crippen LogP contribution in [-0.2, 0) is 10.2 Å². The van der Waals surface area contributed by atoms with E-state index >= 15 is 0 Å². The fourth-order valence-corrected chi connectivity index (χ4v) is 1.69. The lowest BCUT2D eigenvalue weighted by Gasteiger charge is -2.28. The molecule has 0 heterocycles. The summed E-state index contributed by atoms with van der Waals surface area (Å²) in [5.41, 5.74) is 0.892. The number of amides is 1. The first-order valence-corrected chi connectivity index (χ1v) is 6.21. The third-order valence-corrected chi connectivity index (χ3v) is 3.05. The van der Waals surface area contributed by atoms with Crippen LogP contribution in [0.1, 0.15) is 38.8 Å². The summed E-state index contributed by atoms with van der Waals surface area (Å²) in [4.78, 5) is 11.6. The number of hydrogen-bond acceptors (Lipinski definition) is 2. The molecule has 0 radical (unpaired) electrons. The molecule has 1 aromatic carbocycles. The predicted molar refractivity (Wildman–Crippen MR) is 73.5 cm³/mol. The Morgan fingerprint density at radius 1 is 1.28 bits per heavy atom. The molecule has 1 amide bonds. The summed E-state index contributed by atoms with van der Waals surface area (Å²) in [6, 6.07) is 8.25. The minimum absolute atomic E-state index is 0.160. The first kappa shape index (κ1) is 14.7. The van der Waals surface area contributed by atoms with Crippen molar-refractivity contribution in [1.82, 2.24) is 5.32 Å². The molecular formula is C15H23NO2. The zero-order valence-electron chi connectivity index (χ0n) is 11.9. The van der Waals surface area contributed by atoms with Gasteiger partial charge in [-0.25, -0.2) is 0 Å². The minimum atomic E-state index is -1.33. The second-order valence-electron chi connectivity index (χ2n) is 6.00. The van der Waals surface area contributed by atoms with Crippen molar-refractivity contribution in [2.24, 2.45) is 0 Å². The van der Waals surface area contributed by atoms with Crippen LogP contribution in [0.2, 0.25) is 0 Å². The monoisotopic (exact) mass is 249 g/mol. The maximum atomic E-state index is 11.6. The zero-order chi connectivity index (χ0) is 14.0. The number of carbonyl (C=O) groups is 1. The van der Waals surface area contributed by atoms with Gasteiger partial charge in [-0.15, -0.1) is 0 Å². The normalized spacial score (nSPS) is 12.3. The molecule has 0 fully saturated rings. The predicted octanol–water partition coefficient (Wildman–Crippen LogP) is 2.16. The van der Waals surface area contributed by atoms with Gasteiger partial charge in [0.1, 0.15) is 5.60 Å². The van der Waals surface area contributed by atoms with E-state index in [0.717, 1.165) is 0 Å². The molecular weight excluding hydrogens is 226 g/mol. The molecule has 100 valence electrons. The molecule has 3 heteroatoms. The van der Waals surface area contributed by atoms with Gasteiger partial charge in [-0.1, -0.05) is 43.7 Å². The van der Waals surface area contributed by atoms with E-state index in [4.69, 9.17) is 0 Å². The summed E-state index contributed by atoms with van der Waals surface area (Å²) in [6.07, 6.45) is 0. The summed E-state index contributed by atoms with van der Waals surface area (Å²) in [6.45, 7) is 9.68. The van der Waals surface area contributed by atoms with Crippen LogP contribution >= 0.6 is 0 Å². The SMILES string of the molecule is Cc1cccc(C(C)(C)CNC(=O)C(C)(C)O)c1. The van der Waals surface area contributed by atoms with Gasteiger partial charge in [0, 0.05) is 12.0 Å². The highest BCUT2D eigenvalue weighted by Gasteiger charge is 2.27. The Labute approximate surface area is 109 Å². The summed E-state index contributed by atoms with van der Waals surface area (Å²) in [7, 11) is 0. The molecule has 0 saturated carbocycles. The van der Waals surface area contributed by atoms with Crippen molar-refractivity contribution in [3.05, 3.63) is 35.4 Å². The first-order chi connectivity index (χ1) is 8.13. The van der Waals surface area contributed by atoms with Crippen molar-refractivity contribution in [2.75, 3.05) is 6.54 Å². The average molecular weight is 249 g/mol. The van der Waals surface area contributed by atoms with Gasteiger partial charge in [-0.3, -0.25) is 4.79 Å². The maximum Gasteiger partial charge on any atom is 0.251 e. The Morgan fingerprint density at radius 3 is 2.39 bits per heavy atom. The van der Waals surface area contributed by atoms with Crippen molar-refractivity contribution in [2.45, 2.75) is 45.6 Å². The minimum Gasteiger partial charge on any atom is -0.381 e. The van der Waals surface area contributed by atoms with Crippen LogP contribution in [0.25, 0.3) is 0 Å². The van der Waals surface area contributed by atoms with Crippen molar-refractivity contribution >= 4 is 5.91 Å². The van der Waals surface area contributed by atoms with Crippen LogP contribution in [0.15, 0.2) is 24.3 Å². The van der Waals surface area contributed by atoms with Crippen molar-refractivity contribution in [3.8, 4) is 0 Å². The van der Waals surface area contributed by atoms with Gasteiger partial charge in [0.15, 0.2) is 0 Å². The van der Waals surface area contributed by atoms with Gasteiger partial charge in [0.2, 0.25) is 0 Å². The number of nitrogens with one attached hydrogen (secondary N) is 1. The van der Waals surface area contributed by atoms with E-state index in [9.17, 15) is 9.90 Å². The molecule has 0 saturated heterocycles. The highest BCUT2D eigenvalue weighted by Crippen LogP contribution is 2.23. The van der Waals surface area contributed by atoms with Crippen LogP contribution in [0, 0.1) is 6.92 Å². The molecule has 0 unspecified atom stereocenters. The number of hydrogen-bond donors (Lipinski definition) is 2. The molecule has 3 nitrogen and oxygen atoms in total. The molecule has 0 aliphatic rings. The van der Waals surface area contributed by atoms with E-state index in [1.807, 2.05) is 6.07 Å². The van der Waals surface area contributed by atoms with Gasteiger partial charge in [0.05, 0.1) is 0 Å². The molecule has 2 N–H and O–H groups in total. The molecule has 18 heavy (non-hydrogen) atoms. The number of benzene rings is 1. The van der Waals surface area contributed by atoms with E-state index in [1.165, 1.54) is 25.0 Å². The zero-order valence-corrected chi connectivity index (χ0v) is 11.9. The molecule has 0 aliphatic carbocycles. The first-order valence-electron chi connectivity index (χ1n) is 6.21. The van der Waals surface area contributed by atoms with Crippen LogP contribution in [0.5, 0.6) is 0 Å². The van der Waals surface area contributed by atoms with Crippen LogP contribution in [-0.4, -0.2) is 23.2 Å². The summed E-state index contributed by atoms with van der Waals surface area (Å²) in [5.74, 6) is -0.344. The van der Waals surface area contributed by atoms with Gasteiger partial charge in [-0.05, 0) is 26.3 Å². The standard InChI is InChI=1S/C15H23NO2/c1-11-7-6-8-12(9-11)14(2,3)10-16-13(17)15(4,5)18/h6-9,18H,10H2,1-5H3,(H,16,17). The second-order valence-corrected chi connectivity index (χ2v) is 6.00. The Morgan fingerprint density at radius 2 is 1.89 bits per heavy atom. The van der Waals surface area contributed by atoms with Crippen molar-refractivity contribution in [1.29, 1.82) is 0 Å². The lowest BCUT2D eigenvalue weighted by Crippen LogP contribution is -2.46. The molecule has 0 bridgehead atoms. The summed E-state index contributed by atoms with van der Waals surface area (Å²) < 4.78 is 0. The third kappa shape index (κ3) is 3.84. The van der Waals surface area contributed by atoms with Crippen molar-refractivity contribution < 1.29 is 9.90 Å².